The lowest BCUT2D eigenvalue weighted by atomic mass is 9.77. The lowest BCUT2D eigenvalue weighted by Crippen LogP contribution is -2.26. The van der Waals surface area contributed by atoms with Crippen LogP contribution in [-0.2, 0) is 4.79 Å². The Balaban J connectivity index is 1.74. The van der Waals surface area contributed by atoms with Crippen LogP contribution in [0.25, 0.3) is 0 Å². The van der Waals surface area contributed by atoms with Crippen LogP contribution in [0.2, 0.25) is 0 Å². The molecule has 1 aliphatic carbocycles. The topological polar surface area (TPSA) is 43.4 Å². The molecule has 1 unspecified atom stereocenters. The second-order valence-electron chi connectivity index (χ2n) is 6.30. The number of ether oxygens (including phenoxy) is 1. The van der Waals surface area contributed by atoms with E-state index in [4.69, 9.17) is 4.74 Å². The van der Waals surface area contributed by atoms with Gasteiger partial charge in [-0.3, -0.25) is 9.59 Å². The quantitative estimate of drug-likeness (QED) is 0.786. The molecule has 3 heteroatoms. The van der Waals surface area contributed by atoms with Gasteiger partial charge in [-0.25, -0.2) is 0 Å². The van der Waals surface area contributed by atoms with E-state index in [1.54, 1.807) is 0 Å². The molecule has 0 amide bonds. The van der Waals surface area contributed by atoms with E-state index in [9.17, 15) is 9.59 Å². The average Bonchev–Trinajstić information content (AvgIpc) is 2.62. The van der Waals surface area contributed by atoms with Gasteiger partial charge in [0, 0.05) is 41.9 Å². The molecule has 0 spiro atoms. The zero-order valence-electron chi connectivity index (χ0n) is 13.3. The Hall–Kier alpha value is -2.68. The Bertz CT molecular complexity index is 833. The van der Waals surface area contributed by atoms with Crippen LogP contribution in [-0.4, -0.2) is 11.6 Å². The van der Waals surface area contributed by atoms with Gasteiger partial charge >= 0.3 is 0 Å². The molecule has 0 N–H and O–H groups in total. The Morgan fingerprint density at radius 3 is 2.58 bits per heavy atom. The molecule has 1 atom stereocenters. The smallest absolute Gasteiger partial charge is 0.163 e. The molecule has 4 rings (SSSR count). The van der Waals surface area contributed by atoms with Gasteiger partial charge in [-0.15, -0.1) is 0 Å². The molecule has 2 aliphatic rings. The zero-order valence-corrected chi connectivity index (χ0v) is 13.3. The molecule has 120 valence electrons. The van der Waals surface area contributed by atoms with Crippen LogP contribution in [0.1, 0.15) is 47.5 Å². The molecule has 1 aliphatic heterocycles. The van der Waals surface area contributed by atoms with Gasteiger partial charge in [0.1, 0.15) is 11.5 Å². The largest absolute Gasteiger partial charge is 0.461 e. The van der Waals surface area contributed by atoms with Crippen molar-refractivity contribution in [3.63, 3.8) is 0 Å². The predicted molar refractivity (Wildman–Crippen MR) is 91.1 cm³/mol. The van der Waals surface area contributed by atoms with Crippen LogP contribution in [0, 0.1) is 0 Å². The van der Waals surface area contributed by atoms with Crippen LogP contribution >= 0.6 is 0 Å². The van der Waals surface area contributed by atoms with Crippen LogP contribution in [0.3, 0.4) is 0 Å². The number of benzene rings is 2. The van der Waals surface area contributed by atoms with Crippen molar-refractivity contribution in [2.24, 2.45) is 0 Å². The van der Waals surface area contributed by atoms with Crippen molar-refractivity contribution in [3.05, 3.63) is 77.1 Å². The Kier molecular flexibility index (Phi) is 3.77. The summed E-state index contributed by atoms with van der Waals surface area (Å²) in [5.74, 6) is 1.51. The molecule has 1 heterocycles. The van der Waals surface area contributed by atoms with E-state index < -0.39 is 0 Å². The lowest BCUT2D eigenvalue weighted by molar-refractivity contribution is -0.116. The normalized spacial score (nSPS) is 19.3. The van der Waals surface area contributed by atoms with Crippen LogP contribution < -0.4 is 4.74 Å². The van der Waals surface area contributed by atoms with E-state index in [1.165, 1.54) is 0 Å². The summed E-state index contributed by atoms with van der Waals surface area (Å²) in [6.45, 7) is 0. The first-order valence-corrected chi connectivity index (χ1v) is 8.35. The summed E-state index contributed by atoms with van der Waals surface area (Å²) >= 11 is 0. The fourth-order valence-electron chi connectivity index (χ4n) is 3.62. The number of hydrogen-bond acceptors (Lipinski definition) is 3. The van der Waals surface area contributed by atoms with Gasteiger partial charge in [-0.05, 0) is 12.5 Å². The second kappa shape index (κ2) is 6.08. The second-order valence-corrected chi connectivity index (χ2v) is 6.30. The number of para-hydroxylation sites is 1. The Morgan fingerprint density at radius 2 is 1.75 bits per heavy atom. The maximum Gasteiger partial charge on any atom is 0.163 e. The molecule has 0 radical (unpaired) electrons. The van der Waals surface area contributed by atoms with Gasteiger partial charge in [-0.1, -0.05) is 48.5 Å². The summed E-state index contributed by atoms with van der Waals surface area (Å²) in [7, 11) is 0. The highest BCUT2D eigenvalue weighted by atomic mass is 16.5. The van der Waals surface area contributed by atoms with Crippen molar-refractivity contribution >= 4 is 11.6 Å². The van der Waals surface area contributed by atoms with E-state index in [0.717, 1.165) is 29.9 Å². The molecule has 0 bridgehead atoms. The minimum Gasteiger partial charge on any atom is -0.461 e. The standard InChI is InChI=1S/C21H18O3/c22-17-10-6-12-20-21(17)16(15-9-4-5-11-19(15)24-20)13-18(23)14-7-2-1-3-8-14/h1-5,7-9,11,16H,6,10,12-13H2. The van der Waals surface area contributed by atoms with Crippen LogP contribution in [0.15, 0.2) is 65.9 Å². The van der Waals surface area contributed by atoms with Gasteiger partial charge in [-0.2, -0.15) is 0 Å². The average molecular weight is 318 g/mol. The number of ketones is 2. The summed E-state index contributed by atoms with van der Waals surface area (Å²) in [5, 5.41) is 0. The van der Waals surface area contributed by atoms with E-state index in [-0.39, 0.29) is 17.5 Å². The first kappa shape index (κ1) is 14.9. The van der Waals surface area contributed by atoms with Crippen molar-refractivity contribution in [2.75, 3.05) is 0 Å². The van der Waals surface area contributed by atoms with Gasteiger partial charge in [0.05, 0.1) is 0 Å². The Labute approximate surface area is 141 Å². The number of carbonyl (C=O) groups excluding carboxylic acids is 2. The molecule has 2 aromatic rings. The van der Waals surface area contributed by atoms with Gasteiger partial charge in [0.25, 0.3) is 0 Å². The molecule has 0 saturated carbocycles. The highest BCUT2D eigenvalue weighted by Crippen LogP contribution is 2.45. The monoisotopic (exact) mass is 318 g/mol. The fourth-order valence-corrected chi connectivity index (χ4v) is 3.62. The van der Waals surface area contributed by atoms with Crippen LogP contribution in [0.4, 0.5) is 0 Å². The maximum absolute atomic E-state index is 12.7. The Morgan fingerprint density at radius 1 is 1.00 bits per heavy atom. The van der Waals surface area contributed by atoms with Gasteiger partial charge < -0.3 is 4.74 Å². The zero-order chi connectivity index (χ0) is 16.5. The third-order valence-electron chi connectivity index (χ3n) is 4.77. The number of hydrogen-bond donors (Lipinski definition) is 0. The number of Topliss-reactive ketones (excluding diaryl/α,β-unsaturated/α-hetero) is 2. The highest BCUT2D eigenvalue weighted by Gasteiger charge is 2.36. The van der Waals surface area contributed by atoms with E-state index in [1.807, 2.05) is 54.6 Å². The van der Waals surface area contributed by atoms with Crippen molar-refractivity contribution in [1.29, 1.82) is 0 Å². The summed E-state index contributed by atoms with van der Waals surface area (Å²) in [4.78, 5) is 25.2. The van der Waals surface area contributed by atoms with Crippen molar-refractivity contribution in [2.45, 2.75) is 31.6 Å². The molecule has 0 aromatic heterocycles. The summed E-state index contributed by atoms with van der Waals surface area (Å²) in [6.07, 6.45) is 2.43. The first-order chi connectivity index (χ1) is 11.7. The summed E-state index contributed by atoms with van der Waals surface area (Å²) < 4.78 is 5.97. The molecular weight excluding hydrogens is 300 g/mol. The third-order valence-corrected chi connectivity index (χ3v) is 4.77. The minimum absolute atomic E-state index is 0.0579. The van der Waals surface area contributed by atoms with E-state index in [2.05, 4.69) is 0 Å². The first-order valence-electron chi connectivity index (χ1n) is 8.35. The van der Waals surface area contributed by atoms with E-state index in [0.29, 0.717) is 24.0 Å². The van der Waals surface area contributed by atoms with Gasteiger partial charge in [0.2, 0.25) is 0 Å². The molecule has 2 aromatic carbocycles. The lowest BCUT2D eigenvalue weighted by Gasteiger charge is -2.32. The molecule has 0 saturated heterocycles. The number of rotatable bonds is 3. The third kappa shape index (κ3) is 2.56. The maximum atomic E-state index is 12.7. The van der Waals surface area contributed by atoms with Crippen molar-refractivity contribution in [3.8, 4) is 5.75 Å². The molecule has 0 fully saturated rings. The van der Waals surface area contributed by atoms with Crippen LogP contribution in [0.5, 0.6) is 5.75 Å². The van der Waals surface area contributed by atoms with Gasteiger partial charge in [0.15, 0.2) is 11.6 Å². The summed E-state index contributed by atoms with van der Waals surface area (Å²) in [5.41, 5.74) is 2.34. The predicted octanol–water partition coefficient (Wildman–Crippen LogP) is 4.44. The van der Waals surface area contributed by atoms with Crippen molar-refractivity contribution in [1.82, 2.24) is 0 Å². The summed E-state index contributed by atoms with van der Waals surface area (Å²) in [6, 6.07) is 17.0. The van der Waals surface area contributed by atoms with Crippen molar-refractivity contribution < 1.29 is 14.3 Å². The number of carbonyl (C=O) groups is 2. The minimum atomic E-state index is -0.203. The number of fused-ring (bicyclic) bond motifs is 1. The molecular formula is C21H18O3. The number of allylic oxidation sites excluding steroid dienone is 2. The fraction of sp³-hybridized carbons (Fsp3) is 0.238. The SMILES string of the molecule is O=C1CCCC2=C1C(CC(=O)c1ccccc1)c1ccccc1O2. The highest BCUT2D eigenvalue weighted by molar-refractivity contribution is 6.02. The molecule has 24 heavy (non-hydrogen) atoms. The van der Waals surface area contributed by atoms with E-state index >= 15 is 0 Å². The molecule has 3 nitrogen and oxygen atoms in total.